The van der Waals surface area contributed by atoms with Gasteiger partial charge in [0, 0.05) is 34.9 Å². The Morgan fingerprint density at radius 2 is 2.00 bits per heavy atom. The number of hydrogen-bond acceptors (Lipinski definition) is 2. The van der Waals surface area contributed by atoms with Crippen molar-refractivity contribution in [2.45, 2.75) is 38.6 Å². The first-order valence-electron chi connectivity index (χ1n) is 5.26. The average molecular weight is 201 g/mol. The molecule has 1 saturated heterocycles. The molecule has 0 aromatic carbocycles. The van der Waals surface area contributed by atoms with E-state index in [0.29, 0.717) is 11.5 Å². The number of hydrogen-bond donors (Lipinski definition) is 1. The molecule has 1 saturated carbocycles. The lowest BCUT2D eigenvalue weighted by Gasteiger charge is -2.24. The molecule has 0 radical (unpaired) electrons. The lowest BCUT2D eigenvalue weighted by molar-refractivity contribution is 0.413. The first kappa shape index (κ1) is 9.66. The highest BCUT2D eigenvalue weighted by Crippen LogP contribution is 2.44. The van der Waals surface area contributed by atoms with Crippen molar-refractivity contribution in [3.05, 3.63) is 0 Å². The molecule has 0 unspecified atom stereocenters. The van der Waals surface area contributed by atoms with E-state index < -0.39 is 10.8 Å². The van der Waals surface area contributed by atoms with E-state index in [1.54, 1.807) is 0 Å². The molecule has 3 heteroatoms. The summed E-state index contributed by atoms with van der Waals surface area (Å²) in [7, 11) is -0.510. The molecule has 0 aromatic rings. The zero-order valence-corrected chi connectivity index (χ0v) is 9.16. The van der Waals surface area contributed by atoms with Gasteiger partial charge in [0.05, 0.1) is 0 Å². The van der Waals surface area contributed by atoms with Gasteiger partial charge < -0.3 is 5.32 Å². The van der Waals surface area contributed by atoms with Crippen LogP contribution in [-0.4, -0.2) is 28.3 Å². The van der Waals surface area contributed by atoms with Crippen LogP contribution in [-0.2, 0) is 10.8 Å². The minimum atomic E-state index is -0.510. The Hall–Kier alpha value is 0.110. The van der Waals surface area contributed by atoms with Gasteiger partial charge in [-0.25, -0.2) is 0 Å². The van der Waals surface area contributed by atoms with Gasteiger partial charge in [-0.3, -0.25) is 4.21 Å². The summed E-state index contributed by atoms with van der Waals surface area (Å²) >= 11 is 0. The summed E-state index contributed by atoms with van der Waals surface area (Å²) in [6.07, 6.45) is 5.00. The summed E-state index contributed by atoms with van der Waals surface area (Å²) in [5, 5.41) is 3.61. The van der Waals surface area contributed by atoms with Gasteiger partial charge in [-0.1, -0.05) is 6.92 Å². The first-order valence-corrected chi connectivity index (χ1v) is 6.75. The summed E-state index contributed by atoms with van der Waals surface area (Å²) in [6.45, 7) is 3.52. The van der Waals surface area contributed by atoms with E-state index in [2.05, 4.69) is 12.2 Å². The smallest absolute Gasteiger partial charge is 0.0249 e. The lowest BCUT2D eigenvalue weighted by Crippen LogP contribution is -2.38. The Morgan fingerprint density at radius 1 is 1.38 bits per heavy atom. The van der Waals surface area contributed by atoms with Gasteiger partial charge in [0.2, 0.25) is 0 Å². The van der Waals surface area contributed by atoms with Gasteiger partial charge in [0.15, 0.2) is 0 Å². The van der Waals surface area contributed by atoms with Crippen LogP contribution in [0, 0.1) is 5.41 Å². The second kappa shape index (κ2) is 3.70. The van der Waals surface area contributed by atoms with Gasteiger partial charge in [-0.2, -0.15) is 0 Å². The molecule has 1 aliphatic carbocycles. The van der Waals surface area contributed by atoms with E-state index in [0.717, 1.165) is 24.3 Å². The third-order valence-electron chi connectivity index (χ3n) is 3.31. The Morgan fingerprint density at radius 3 is 2.54 bits per heavy atom. The fourth-order valence-corrected chi connectivity index (χ4v) is 3.08. The highest BCUT2D eigenvalue weighted by atomic mass is 32.2. The van der Waals surface area contributed by atoms with Gasteiger partial charge >= 0.3 is 0 Å². The van der Waals surface area contributed by atoms with Crippen molar-refractivity contribution in [3.63, 3.8) is 0 Å². The zero-order valence-electron chi connectivity index (χ0n) is 8.34. The predicted molar refractivity (Wildman–Crippen MR) is 56.2 cm³/mol. The zero-order chi connectivity index (χ0) is 9.31. The molecule has 0 aromatic heterocycles. The number of nitrogens with one attached hydrogen (secondary N) is 1. The Labute approximate surface area is 82.9 Å². The van der Waals surface area contributed by atoms with Crippen LogP contribution in [0.25, 0.3) is 0 Å². The predicted octanol–water partition coefficient (Wildman–Crippen LogP) is 1.29. The van der Waals surface area contributed by atoms with Crippen LogP contribution < -0.4 is 5.32 Å². The minimum Gasteiger partial charge on any atom is -0.313 e. The molecule has 76 valence electrons. The average Bonchev–Trinajstić information content (AvgIpc) is 2.84. The SMILES string of the molecule is CC1(CNC2CCS(=O)CC2)CC1. The molecule has 1 N–H and O–H groups in total. The largest absolute Gasteiger partial charge is 0.313 e. The summed E-state index contributed by atoms with van der Waals surface area (Å²) < 4.78 is 11.1. The second-order valence-electron chi connectivity index (χ2n) is 4.81. The van der Waals surface area contributed by atoms with Crippen molar-refractivity contribution in [2.24, 2.45) is 5.41 Å². The lowest BCUT2D eigenvalue weighted by atomic mass is 10.1. The Kier molecular flexibility index (Phi) is 2.75. The van der Waals surface area contributed by atoms with E-state index in [1.807, 2.05) is 0 Å². The Bertz CT molecular complexity index is 203. The molecule has 2 fully saturated rings. The maximum atomic E-state index is 11.1. The maximum absolute atomic E-state index is 11.1. The molecule has 0 bridgehead atoms. The minimum absolute atomic E-state index is 0.510. The van der Waals surface area contributed by atoms with Gasteiger partial charge in [-0.05, 0) is 31.1 Å². The third-order valence-corrected chi connectivity index (χ3v) is 4.69. The monoisotopic (exact) mass is 201 g/mol. The van der Waals surface area contributed by atoms with E-state index in [4.69, 9.17) is 0 Å². The molecule has 0 atom stereocenters. The summed E-state index contributed by atoms with van der Waals surface area (Å²) in [5.41, 5.74) is 0.608. The molecule has 1 heterocycles. The topological polar surface area (TPSA) is 29.1 Å². The third kappa shape index (κ3) is 2.78. The molecule has 0 amide bonds. The van der Waals surface area contributed by atoms with Crippen LogP contribution in [0.15, 0.2) is 0 Å². The van der Waals surface area contributed by atoms with Crippen LogP contribution in [0.1, 0.15) is 32.6 Å². The maximum Gasteiger partial charge on any atom is 0.0249 e. The quantitative estimate of drug-likeness (QED) is 0.745. The summed E-state index contributed by atoms with van der Waals surface area (Å²) in [4.78, 5) is 0. The molecule has 13 heavy (non-hydrogen) atoms. The van der Waals surface area contributed by atoms with Crippen LogP contribution >= 0.6 is 0 Å². The number of rotatable bonds is 3. The van der Waals surface area contributed by atoms with Crippen molar-refractivity contribution >= 4 is 10.8 Å². The van der Waals surface area contributed by atoms with Gasteiger partial charge in [0.1, 0.15) is 0 Å². The molecule has 2 nitrogen and oxygen atoms in total. The van der Waals surface area contributed by atoms with Crippen molar-refractivity contribution in [3.8, 4) is 0 Å². The van der Waals surface area contributed by atoms with Crippen molar-refractivity contribution in [2.75, 3.05) is 18.1 Å². The van der Waals surface area contributed by atoms with E-state index >= 15 is 0 Å². The normalized spacial score (nSPS) is 37.3. The van der Waals surface area contributed by atoms with E-state index in [9.17, 15) is 4.21 Å². The molecule has 1 aliphatic heterocycles. The standard InChI is InChI=1S/C10H19NOS/c1-10(4-5-10)8-11-9-2-6-13(12)7-3-9/h9,11H,2-8H2,1H3. The van der Waals surface area contributed by atoms with Crippen LogP contribution in [0.2, 0.25) is 0 Å². The van der Waals surface area contributed by atoms with Crippen LogP contribution in [0.5, 0.6) is 0 Å². The van der Waals surface area contributed by atoms with E-state index in [1.165, 1.54) is 19.4 Å². The van der Waals surface area contributed by atoms with Gasteiger partial charge in [-0.15, -0.1) is 0 Å². The summed E-state index contributed by atoms with van der Waals surface area (Å²) in [5.74, 6) is 1.82. The molecular formula is C10H19NOS. The first-order chi connectivity index (χ1) is 6.18. The van der Waals surface area contributed by atoms with Crippen molar-refractivity contribution < 1.29 is 4.21 Å². The van der Waals surface area contributed by atoms with Gasteiger partial charge in [0.25, 0.3) is 0 Å². The highest BCUT2D eigenvalue weighted by molar-refractivity contribution is 7.85. The van der Waals surface area contributed by atoms with E-state index in [-0.39, 0.29) is 0 Å². The summed E-state index contributed by atoms with van der Waals surface area (Å²) in [6, 6.07) is 0.648. The fourth-order valence-electron chi connectivity index (χ4n) is 1.78. The molecule has 2 rings (SSSR count). The molecule has 0 spiro atoms. The van der Waals surface area contributed by atoms with Crippen LogP contribution in [0.4, 0.5) is 0 Å². The molecular weight excluding hydrogens is 182 g/mol. The fraction of sp³-hybridized carbons (Fsp3) is 1.00. The Balaban J connectivity index is 1.67. The molecule has 2 aliphatic rings. The second-order valence-corrected chi connectivity index (χ2v) is 6.51. The van der Waals surface area contributed by atoms with Crippen molar-refractivity contribution in [1.29, 1.82) is 0 Å². The highest BCUT2D eigenvalue weighted by Gasteiger charge is 2.37. The van der Waals surface area contributed by atoms with Crippen molar-refractivity contribution in [1.82, 2.24) is 5.32 Å². The van der Waals surface area contributed by atoms with Crippen LogP contribution in [0.3, 0.4) is 0 Å².